The maximum Gasteiger partial charge on any atom is 0.340 e. The fourth-order valence-electron chi connectivity index (χ4n) is 1.26. The Hall–Kier alpha value is -2.20. The number of carboxylic acid groups (broad SMARTS) is 1. The van der Waals surface area contributed by atoms with Crippen molar-refractivity contribution in [2.75, 3.05) is 0 Å². The van der Waals surface area contributed by atoms with Crippen molar-refractivity contribution in [1.29, 1.82) is 0 Å². The Labute approximate surface area is 101 Å². The predicted molar refractivity (Wildman–Crippen MR) is 58.2 cm³/mol. The van der Waals surface area contributed by atoms with Gasteiger partial charge in [-0.25, -0.2) is 17.9 Å². The summed E-state index contributed by atoms with van der Waals surface area (Å²) in [7, 11) is -3.96. The summed E-state index contributed by atoms with van der Waals surface area (Å²) in [6, 6.07) is 0. The van der Waals surface area contributed by atoms with Crippen LogP contribution >= 0.6 is 0 Å². The van der Waals surface area contributed by atoms with Gasteiger partial charge in [0.15, 0.2) is 5.03 Å². The average molecular weight is 271 g/mol. The summed E-state index contributed by atoms with van der Waals surface area (Å²) in [5.74, 6) is -1.37. The van der Waals surface area contributed by atoms with Crippen molar-refractivity contribution >= 4 is 16.0 Å². The van der Waals surface area contributed by atoms with Crippen LogP contribution < -0.4 is 4.72 Å². The van der Waals surface area contributed by atoms with Crippen LogP contribution in [0.5, 0.6) is 0 Å². The van der Waals surface area contributed by atoms with Gasteiger partial charge in [0, 0.05) is 18.3 Å². The van der Waals surface area contributed by atoms with Gasteiger partial charge in [0.05, 0.1) is 12.4 Å². The Bertz CT molecular complexity index is 645. The van der Waals surface area contributed by atoms with Crippen molar-refractivity contribution in [2.24, 2.45) is 0 Å². The predicted octanol–water partition coefficient (Wildman–Crippen LogP) is -0.690. The first-order chi connectivity index (χ1) is 8.50. The minimum atomic E-state index is -3.96. The maximum atomic E-state index is 11.8. The lowest BCUT2D eigenvalue weighted by molar-refractivity contribution is 0.0692. The highest BCUT2D eigenvalue weighted by molar-refractivity contribution is 7.89. The highest BCUT2D eigenvalue weighted by Crippen LogP contribution is 2.11. The first kappa shape index (κ1) is 12.3. The molecule has 0 fully saturated rings. The Kier molecular flexibility index (Phi) is 3.12. The van der Waals surface area contributed by atoms with Crippen LogP contribution in [0.3, 0.4) is 0 Å². The summed E-state index contributed by atoms with van der Waals surface area (Å²) in [4.78, 5) is 10.8. The summed E-state index contributed by atoms with van der Waals surface area (Å²) < 4.78 is 25.9. The summed E-state index contributed by atoms with van der Waals surface area (Å²) in [5.41, 5.74) is 0.213. The maximum absolute atomic E-state index is 11.8. The number of carbonyl (C=O) groups is 1. The van der Waals surface area contributed by atoms with Gasteiger partial charge in [-0.2, -0.15) is 10.2 Å². The molecule has 0 saturated carbocycles. The summed E-state index contributed by atoms with van der Waals surface area (Å²) in [5, 5.41) is 20.1. The van der Waals surface area contributed by atoms with Gasteiger partial charge in [0.2, 0.25) is 0 Å². The topological polar surface area (TPSA) is 141 Å². The highest BCUT2D eigenvalue weighted by atomic mass is 32.2. The molecule has 0 saturated heterocycles. The molecular formula is C8H9N5O4S. The van der Waals surface area contributed by atoms with Crippen molar-refractivity contribution in [3.05, 3.63) is 29.7 Å². The lowest BCUT2D eigenvalue weighted by Gasteiger charge is -2.03. The van der Waals surface area contributed by atoms with Crippen LogP contribution in [0.25, 0.3) is 0 Å². The fraction of sp³-hybridized carbons (Fsp3) is 0.125. The molecule has 2 heterocycles. The molecule has 4 N–H and O–H groups in total. The van der Waals surface area contributed by atoms with E-state index in [-0.39, 0.29) is 6.54 Å². The van der Waals surface area contributed by atoms with Crippen molar-refractivity contribution in [2.45, 2.75) is 11.6 Å². The molecule has 0 bridgehead atoms. The highest BCUT2D eigenvalue weighted by Gasteiger charge is 2.24. The van der Waals surface area contributed by atoms with Crippen LogP contribution in [0.15, 0.2) is 23.6 Å². The lowest BCUT2D eigenvalue weighted by Crippen LogP contribution is -2.25. The van der Waals surface area contributed by atoms with Crippen LogP contribution in [0.4, 0.5) is 0 Å². The standard InChI is InChI=1S/C8H9N5O4S/c14-8(15)6-4-11-13-7(6)18(16,17)12-3-5-1-9-10-2-5/h1-2,4,12H,3H2,(H,9,10)(H,11,13)(H,14,15). The average Bonchev–Trinajstić information content (AvgIpc) is 2.98. The minimum Gasteiger partial charge on any atom is -0.478 e. The molecule has 0 aromatic carbocycles. The third kappa shape index (κ3) is 2.38. The third-order valence-electron chi connectivity index (χ3n) is 2.12. The Morgan fingerprint density at radius 2 is 2.17 bits per heavy atom. The van der Waals surface area contributed by atoms with E-state index >= 15 is 0 Å². The zero-order chi connectivity index (χ0) is 13.2. The SMILES string of the molecule is O=C(O)c1cn[nH]c1S(=O)(=O)NCc1cn[nH]c1. The number of aromatic nitrogens is 4. The van der Waals surface area contributed by atoms with Gasteiger partial charge in [-0.3, -0.25) is 10.2 Å². The van der Waals surface area contributed by atoms with Crippen molar-refractivity contribution in [1.82, 2.24) is 25.1 Å². The second-order valence-corrected chi connectivity index (χ2v) is 5.05. The van der Waals surface area contributed by atoms with Gasteiger partial charge in [0.1, 0.15) is 5.56 Å². The van der Waals surface area contributed by atoms with Crippen LogP contribution in [-0.4, -0.2) is 39.9 Å². The number of carboxylic acids is 1. The molecule has 2 rings (SSSR count). The van der Waals surface area contributed by atoms with E-state index in [0.717, 1.165) is 6.20 Å². The van der Waals surface area contributed by atoms with Crippen molar-refractivity contribution in [3.8, 4) is 0 Å². The number of hydrogen-bond donors (Lipinski definition) is 4. The van der Waals surface area contributed by atoms with E-state index in [1.165, 1.54) is 12.4 Å². The molecule has 0 amide bonds. The van der Waals surface area contributed by atoms with Gasteiger partial charge in [-0.15, -0.1) is 0 Å². The van der Waals surface area contributed by atoms with Crippen LogP contribution in [0, 0.1) is 0 Å². The lowest BCUT2D eigenvalue weighted by atomic mass is 10.4. The number of nitrogens with one attached hydrogen (secondary N) is 3. The van der Waals surface area contributed by atoms with Crippen molar-refractivity contribution < 1.29 is 18.3 Å². The zero-order valence-electron chi connectivity index (χ0n) is 8.91. The molecule has 0 aliphatic heterocycles. The zero-order valence-corrected chi connectivity index (χ0v) is 9.73. The Morgan fingerprint density at radius 3 is 2.78 bits per heavy atom. The summed E-state index contributed by atoms with van der Waals surface area (Å²) in [6.07, 6.45) is 3.91. The smallest absolute Gasteiger partial charge is 0.340 e. The number of aromatic carboxylic acids is 1. The Balaban J connectivity index is 2.20. The third-order valence-corrected chi connectivity index (χ3v) is 3.50. The number of sulfonamides is 1. The number of nitrogens with zero attached hydrogens (tertiary/aromatic N) is 2. The van der Waals surface area contributed by atoms with Gasteiger partial charge < -0.3 is 5.11 Å². The molecule has 10 heteroatoms. The normalized spacial score (nSPS) is 11.6. The second-order valence-electron chi connectivity index (χ2n) is 3.35. The molecule has 96 valence electrons. The summed E-state index contributed by atoms with van der Waals surface area (Å²) in [6.45, 7) is -0.00306. The quantitative estimate of drug-likeness (QED) is 0.567. The van der Waals surface area contributed by atoms with Crippen molar-refractivity contribution in [3.63, 3.8) is 0 Å². The molecule has 0 aliphatic rings. The molecule has 18 heavy (non-hydrogen) atoms. The van der Waals surface area contributed by atoms with E-state index in [4.69, 9.17) is 5.11 Å². The first-order valence-corrected chi connectivity index (χ1v) is 6.23. The second kappa shape index (κ2) is 4.58. The van der Waals surface area contributed by atoms with E-state index in [2.05, 4.69) is 25.1 Å². The Morgan fingerprint density at radius 1 is 1.39 bits per heavy atom. The van der Waals surface area contributed by atoms with Gasteiger partial charge in [-0.1, -0.05) is 0 Å². The first-order valence-electron chi connectivity index (χ1n) is 4.74. The monoisotopic (exact) mass is 271 g/mol. The molecular weight excluding hydrogens is 262 g/mol. The molecule has 2 aromatic heterocycles. The number of rotatable bonds is 5. The number of hydrogen-bond acceptors (Lipinski definition) is 5. The summed E-state index contributed by atoms with van der Waals surface area (Å²) >= 11 is 0. The van der Waals surface area contributed by atoms with E-state index in [9.17, 15) is 13.2 Å². The van der Waals surface area contributed by atoms with Crippen LogP contribution in [0.1, 0.15) is 15.9 Å². The molecule has 0 radical (unpaired) electrons. The molecule has 0 atom stereocenters. The van der Waals surface area contributed by atoms with Gasteiger partial charge in [0.25, 0.3) is 10.0 Å². The van der Waals surface area contributed by atoms with E-state index in [1.807, 2.05) is 0 Å². The number of aromatic amines is 2. The van der Waals surface area contributed by atoms with Gasteiger partial charge >= 0.3 is 5.97 Å². The van der Waals surface area contributed by atoms with Crippen LogP contribution in [0.2, 0.25) is 0 Å². The van der Waals surface area contributed by atoms with E-state index in [0.29, 0.717) is 5.56 Å². The van der Waals surface area contributed by atoms with Crippen LogP contribution in [-0.2, 0) is 16.6 Å². The molecule has 9 nitrogen and oxygen atoms in total. The molecule has 0 unspecified atom stereocenters. The largest absolute Gasteiger partial charge is 0.478 e. The minimum absolute atomic E-state index is 0.00306. The molecule has 0 aliphatic carbocycles. The van der Waals surface area contributed by atoms with Gasteiger partial charge in [-0.05, 0) is 0 Å². The van der Waals surface area contributed by atoms with E-state index < -0.39 is 26.6 Å². The fourth-order valence-corrected chi connectivity index (χ4v) is 2.36. The molecule has 0 spiro atoms. The van der Waals surface area contributed by atoms with E-state index in [1.54, 1.807) is 0 Å². The number of H-pyrrole nitrogens is 2. The molecule has 2 aromatic rings.